The van der Waals surface area contributed by atoms with Gasteiger partial charge in [-0.25, -0.2) is 0 Å². The van der Waals surface area contributed by atoms with Crippen LogP contribution in [0.15, 0.2) is 10.6 Å². The lowest BCUT2D eigenvalue weighted by Gasteiger charge is -2.41. The van der Waals surface area contributed by atoms with Crippen LogP contribution in [0.5, 0.6) is 0 Å². The molecule has 0 spiro atoms. The summed E-state index contributed by atoms with van der Waals surface area (Å²) in [4.78, 5) is 12.9. The SMILES string of the molecule is CC(=O)NC[C@]1(O)CCN(Cc2cc(C)on2)C[C@H]1O. The zero-order chi connectivity index (χ0) is 14.8. The number of carbonyl (C=O) groups excluding carboxylic acids is 1. The molecular formula is C13H21N3O4. The Labute approximate surface area is 117 Å². The second kappa shape index (κ2) is 5.90. The summed E-state index contributed by atoms with van der Waals surface area (Å²) >= 11 is 0. The van der Waals surface area contributed by atoms with Gasteiger partial charge >= 0.3 is 0 Å². The highest BCUT2D eigenvalue weighted by Gasteiger charge is 2.40. The highest BCUT2D eigenvalue weighted by Crippen LogP contribution is 2.23. The first-order valence-electron chi connectivity index (χ1n) is 6.68. The number of aromatic nitrogens is 1. The molecule has 7 nitrogen and oxygen atoms in total. The first-order valence-corrected chi connectivity index (χ1v) is 6.68. The largest absolute Gasteiger partial charge is 0.389 e. The van der Waals surface area contributed by atoms with Crippen molar-refractivity contribution in [3.63, 3.8) is 0 Å². The van der Waals surface area contributed by atoms with Crippen molar-refractivity contribution >= 4 is 5.91 Å². The van der Waals surface area contributed by atoms with Gasteiger partial charge in [-0.2, -0.15) is 0 Å². The van der Waals surface area contributed by atoms with Gasteiger partial charge in [0.2, 0.25) is 5.91 Å². The molecule has 2 rings (SSSR count). The summed E-state index contributed by atoms with van der Waals surface area (Å²) in [6, 6.07) is 1.85. The van der Waals surface area contributed by atoms with Crippen molar-refractivity contribution in [2.75, 3.05) is 19.6 Å². The number of nitrogens with one attached hydrogen (secondary N) is 1. The average Bonchev–Trinajstić information content (AvgIpc) is 2.78. The quantitative estimate of drug-likeness (QED) is 0.683. The number of aliphatic hydroxyl groups excluding tert-OH is 1. The van der Waals surface area contributed by atoms with Gasteiger partial charge in [0.25, 0.3) is 0 Å². The highest BCUT2D eigenvalue weighted by atomic mass is 16.5. The smallest absolute Gasteiger partial charge is 0.216 e. The second-order valence-corrected chi connectivity index (χ2v) is 5.44. The summed E-state index contributed by atoms with van der Waals surface area (Å²) < 4.78 is 5.00. The Morgan fingerprint density at radius 1 is 1.70 bits per heavy atom. The molecule has 0 aromatic carbocycles. The number of carbonyl (C=O) groups is 1. The fraction of sp³-hybridized carbons (Fsp3) is 0.692. The van der Waals surface area contributed by atoms with E-state index >= 15 is 0 Å². The molecule has 2 heterocycles. The van der Waals surface area contributed by atoms with Crippen molar-refractivity contribution in [3.8, 4) is 0 Å². The minimum absolute atomic E-state index is 0.0698. The van der Waals surface area contributed by atoms with Crippen LogP contribution in [0.25, 0.3) is 0 Å². The minimum Gasteiger partial charge on any atom is -0.389 e. The maximum atomic E-state index is 10.9. The Morgan fingerprint density at radius 2 is 2.45 bits per heavy atom. The number of hydrogen-bond acceptors (Lipinski definition) is 6. The number of β-amino-alcohol motifs (C(OH)–C–C–N with tert-alkyl or cyclic N) is 1. The molecule has 0 aliphatic carbocycles. The van der Waals surface area contributed by atoms with Crippen LogP contribution >= 0.6 is 0 Å². The highest BCUT2D eigenvalue weighted by molar-refractivity contribution is 5.72. The fourth-order valence-corrected chi connectivity index (χ4v) is 2.37. The fourth-order valence-electron chi connectivity index (χ4n) is 2.37. The number of amides is 1. The molecule has 1 aromatic rings. The molecule has 1 fully saturated rings. The van der Waals surface area contributed by atoms with Crippen LogP contribution in [0, 0.1) is 6.92 Å². The van der Waals surface area contributed by atoms with E-state index in [2.05, 4.69) is 10.5 Å². The molecule has 3 N–H and O–H groups in total. The molecule has 1 aliphatic rings. The van der Waals surface area contributed by atoms with Gasteiger partial charge in [0, 0.05) is 39.2 Å². The molecule has 7 heteroatoms. The lowest BCUT2D eigenvalue weighted by atomic mass is 9.88. The number of aryl methyl sites for hydroxylation is 1. The van der Waals surface area contributed by atoms with Crippen molar-refractivity contribution in [3.05, 3.63) is 17.5 Å². The first-order chi connectivity index (χ1) is 9.39. The normalized spacial score (nSPS) is 27.5. The molecule has 0 saturated carbocycles. The number of nitrogens with zero attached hydrogens (tertiary/aromatic N) is 2. The third-order valence-electron chi connectivity index (χ3n) is 3.62. The van der Waals surface area contributed by atoms with Gasteiger partial charge in [0.1, 0.15) is 11.4 Å². The maximum Gasteiger partial charge on any atom is 0.216 e. The summed E-state index contributed by atoms with van der Waals surface area (Å²) in [5.74, 6) is 0.533. The van der Waals surface area contributed by atoms with E-state index in [1.807, 2.05) is 17.9 Å². The predicted octanol–water partition coefficient (Wildman–Crippen LogP) is -0.583. The van der Waals surface area contributed by atoms with Crippen molar-refractivity contribution in [1.29, 1.82) is 0 Å². The number of piperidine rings is 1. The average molecular weight is 283 g/mol. The first kappa shape index (κ1) is 15.0. The number of aliphatic hydroxyl groups is 2. The van der Waals surface area contributed by atoms with Gasteiger partial charge in [0.15, 0.2) is 0 Å². The minimum atomic E-state index is -1.26. The number of likely N-dealkylation sites (tertiary alicyclic amines) is 1. The molecule has 1 amide bonds. The van der Waals surface area contributed by atoms with Gasteiger partial charge in [-0.15, -0.1) is 0 Å². The van der Waals surface area contributed by atoms with Gasteiger partial charge in [-0.3, -0.25) is 9.69 Å². The Bertz CT molecular complexity index is 476. The molecule has 0 unspecified atom stereocenters. The van der Waals surface area contributed by atoms with Crippen LogP contribution in [0.3, 0.4) is 0 Å². The molecule has 20 heavy (non-hydrogen) atoms. The standard InChI is InChI=1S/C13H21N3O4/c1-9-5-11(15-20-9)6-16-4-3-13(19,12(18)7-16)8-14-10(2)17/h5,12,18-19H,3-4,6-8H2,1-2H3,(H,14,17)/t12-,13-/m1/s1. The van der Waals surface area contributed by atoms with Crippen LogP contribution in [-0.4, -0.2) is 57.5 Å². The number of rotatable bonds is 4. The van der Waals surface area contributed by atoms with Crippen LogP contribution in [0.1, 0.15) is 24.8 Å². The van der Waals surface area contributed by atoms with E-state index in [1.165, 1.54) is 6.92 Å². The summed E-state index contributed by atoms with van der Waals surface area (Å²) in [6.45, 7) is 4.82. The third-order valence-corrected chi connectivity index (χ3v) is 3.62. The predicted molar refractivity (Wildman–Crippen MR) is 70.8 cm³/mol. The monoisotopic (exact) mass is 283 g/mol. The van der Waals surface area contributed by atoms with Gasteiger partial charge in [-0.05, 0) is 13.3 Å². The molecule has 0 radical (unpaired) electrons. The Morgan fingerprint density at radius 3 is 3.00 bits per heavy atom. The van der Waals surface area contributed by atoms with E-state index in [-0.39, 0.29) is 12.5 Å². The van der Waals surface area contributed by atoms with Crippen LogP contribution < -0.4 is 5.32 Å². The molecule has 112 valence electrons. The van der Waals surface area contributed by atoms with Crippen LogP contribution in [0.2, 0.25) is 0 Å². The van der Waals surface area contributed by atoms with Crippen LogP contribution in [0.4, 0.5) is 0 Å². The maximum absolute atomic E-state index is 10.9. The lowest BCUT2D eigenvalue weighted by Crippen LogP contribution is -2.59. The third kappa shape index (κ3) is 3.56. The van der Waals surface area contributed by atoms with Crippen molar-refractivity contribution in [2.24, 2.45) is 0 Å². The summed E-state index contributed by atoms with van der Waals surface area (Å²) in [5, 5.41) is 26.9. The Hall–Kier alpha value is -1.44. The molecular weight excluding hydrogens is 262 g/mol. The van der Waals surface area contributed by atoms with E-state index < -0.39 is 11.7 Å². The zero-order valence-electron chi connectivity index (χ0n) is 11.8. The summed E-state index contributed by atoms with van der Waals surface area (Å²) in [5.41, 5.74) is -0.455. The van der Waals surface area contributed by atoms with Crippen LogP contribution in [-0.2, 0) is 11.3 Å². The molecule has 1 saturated heterocycles. The Kier molecular flexibility index (Phi) is 4.42. The van der Waals surface area contributed by atoms with Gasteiger partial charge in [-0.1, -0.05) is 5.16 Å². The molecule has 2 atom stereocenters. The topological polar surface area (TPSA) is 98.8 Å². The van der Waals surface area contributed by atoms with E-state index in [4.69, 9.17) is 4.52 Å². The van der Waals surface area contributed by atoms with E-state index in [0.29, 0.717) is 26.1 Å². The van der Waals surface area contributed by atoms with Gasteiger partial charge < -0.3 is 20.1 Å². The molecule has 1 aliphatic heterocycles. The Balaban J connectivity index is 1.89. The molecule has 0 bridgehead atoms. The van der Waals surface area contributed by atoms with E-state index in [0.717, 1.165) is 11.5 Å². The number of hydrogen-bond donors (Lipinski definition) is 3. The second-order valence-electron chi connectivity index (χ2n) is 5.44. The van der Waals surface area contributed by atoms with E-state index in [1.54, 1.807) is 0 Å². The lowest BCUT2D eigenvalue weighted by molar-refractivity contribution is -0.130. The van der Waals surface area contributed by atoms with Crippen molar-refractivity contribution in [2.45, 2.75) is 38.5 Å². The van der Waals surface area contributed by atoms with Crippen molar-refractivity contribution < 1.29 is 19.5 Å². The van der Waals surface area contributed by atoms with Crippen molar-refractivity contribution in [1.82, 2.24) is 15.4 Å². The summed E-state index contributed by atoms with van der Waals surface area (Å²) in [6.07, 6.45) is -0.512. The zero-order valence-corrected chi connectivity index (χ0v) is 11.8. The van der Waals surface area contributed by atoms with Gasteiger partial charge in [0.05, 0.1) is 11.8 Å². The summed E-state index contributed by atoms with van der Waals surface area (Å²) in [7, 11) is 0. The molecule has 1 aromatic heterocycles. The van der Waals surface area contributed by atoms with E-state index in [9.17, 15) is 15.0 Å².